The lowest BCUT2D eigenvalue weighted by Crippen LogP contribution is -2.48. The molecule has 3 N–H and O–H groups in total. The topological polar surface area (TPSA) is 161 Å². The van der Waals surface area contributed by atoms with E-state index in [1.54, 1.807) is 12.1 Å². The molecule has 0 aliphatic carbocycles. The Hall–Kier alpha value is -2.84. The summed E-state index contributed by atoms with van der Waals surface area (Å²) in [5.74, 6) is -2.68. The lowest BCUT2D eigenvalue weighted by molar-refractivity contribution is -0.150. The zero-order valence-electron chi connectivity index (χ0n) is 25.2. The predicted octanol–water partition coefficient (Wildman–Crippen LogP) is 4.93. The number of nitrogens with one attached hydrogen (secondary N) is 1. The fraction of sp³-hybridized carbons (Fsp3) is 0.467. The van der Waals surface area contributed by atoms with E-state index in [9.17, 15) is 32.7 Å². The van der Waals surface area contributed by atoms with Gasteiger partial charge in [-0.1, -0.05) is 75.2 Å². The third-order valence-corrected chi connectivity index (χ3v) is 10.7. The molecule has 0 radical (unpaired) electrons. The van der Waals surface area contributed by atoms with E-state index in [4.69, 9.17) is 28.4 Å². The molecular formula is C30H37Cl2N3O8S2. The van der Waals surface area contributed by atoms with Crippen LogP contribution in [0.3, 0.4) is 0 Å². The molecule has 0 saturated carbocycles. The second-order valence-corrected chi connectivity index (χ2v) is 15.6. The lowest BCUT2D eigenvalue weighted by Gasteiger charge is -2.31. The first-order chi connectivity index (χ1) is 21.1. The number of carbonyl (C=O) groups is 4. The Morgan fingerprint density at radius 3 is 1.82 bits per heavy atom. The van der Waals surface area contributed by atoms with Crippen LogP contribution < -0.4 is 5.48 Å². The van der Waals surface area contributed by atoms with Crippen molar-refractivity contribution in [1.29, 1.82) is 0 Å². The molecule has 2 heterocycles. The number of amides is 3. The highest BCUT2D eigenvalue weighted by molar-refractivity contribution is 8.00. The molecule has 2 saturated heterocycles. The molecule has 0 spiro atoms. The summed E-state index contributed by atoms with van der Waals surface area (Å²) in [6, 6.07) is 11.4. The summed E-state index contributed by atoms with van der Waals surface area (Å²) < 4.78 is 25.0. The van der Waals surface area contributed by atoms with Crippen molar-refractivity contribution >= 4 is 68.5 Å². The van der Waals surface area contributed by atoms with E-state index in [-0.39, 0.29) is 29.5 Å². The van der Waals surface area contributed by atoms with Gasteiger partial charge in [0.1, 0.15) is 23.2 Å². The predicted molar refractivity (Wildman–Crippen MR) is 172 cm³/mol. The van der Waals surface area contributed by atoms with Gasteiger partial charge in [0.25, 0.3) is 5.91 Å². The van der Waals surface area contributed by atoms with E-state index < -0.39 is 50.8 Å². The summed E-state index contributed by atoms with van der Waals surface area (Å²) in [5, 5.41) is 18.0. The monoisotopic (exact) mass is 701 g/mol. The van der Waals surface area contributed by atoms with Gasteiger partial charge in [-0.2, -0.15) is 0 Å². The van der Waals surface area contributed by atoms with Gasteiger partial charge >= 0.3 is 5.97 Å². The van der Waals surface area contributed by atoms with Crippen LogP contribution >= 0.6 is 35.0 Å². The van der Waals surface area contributed by atoms with E-state index in [0.717, 1.165) is 10.5 Å². The van der Waals surface area contributed by atoms with Crippen LogP contribution in [-0.2, 0) is 29.0 Å². The smallest absolute Gasteiger partial charge is 0.326 e. The zero-order chi connectivity index (χ0) is 33.6. The molecule has 246 valence electrons. The van der Waals surface area contributed by atoms with Gasteiger partial charge in [-0.15, -0.1) is 11.8 Å². The van der Waals surface area contributed by atoms with Crippen LogP contribution in [0.2, 0.25) is 10.0 Å². The molecule has 0 aromatic heterocycles. The fourth-order valence-corrected chi connectivity index (χ4v) is 8.58. The van der Waals surface area contributed by atoms with Crippen molar-refractivity contribution in [3.05, 3.63) is 69.7 Å². The molecule has 2 aromatic carbocycles. The maximum atomic E-state index is 12.5. The van der Waals surface area contributed by atoms with Crippen molar-refractivity contribution in [2.45, 2.75) is 63.4 Å². The number of rotatable bonds is 10. The van der Waals surface area contributed by atoms with Crippen molar-refractivity contribution in [1.82, 2.24) is 15.3 Å². The Morgan fingerprint density at radius 2 is 1.36 bits per heavy atom. The van der Waals surface area contributed by atoms with Gasteiger partial charge < -0.3 is 14.9 Å². The number of sulfone groups is 1. The van der Waals surface area contributed by atoms with Crippen LogP contribution in [0.5, 0.6) is 0 Å². The lowest BCUT2D eigenvalue weighted by atomic mass is 10.0. The van der Waals surface area contributed by atoms with Gasteiger partial charge in [0.15, 0.2) is 15.2 Å². The summed E-state index contributed by atoms with van der Waals surface area (Å²) in [5.41, 5.74) is 2.79. The number of nitrogens with zero attached hydrogens (tertiary/aromatic N) is 2. The van der Waals surface area contributed by atoms with Crippen LogP contribution in [0.1, 0.15) is 62.4 Å². The van der Waals surface area contributed by atoms with Crippen LogP contribution in [0.4, 0.5) is 0 Å². The first-order valence-corrected chi connectivity index (χ1v) is 17.7. The van der Waals surface area contributed by atoms with E-state index in [0.29, 0.717) is 27.8 Å². The number of carboxylic acids is 1. The van der Waals surface area contributed by atoms with Crippen molar-refractivity contribution < 1.29 is 37.9 Å². The molecule has 0 unspecified atom stereocenters. The molecule has 2 aliphatic rings. The molecule has 2 aliphatic heterocycles. The Bertz CT molecular complexity index is 1490. The normalized spacial score (nSPS) is 20.6. The summed E-state index contributed by atoms with van der Waals surface area (Å²) >= 11 is 13.2. The number of halogens is 2. The highest BCUT2D eigenvalue weighted by Gasteiger charge is 2.49. The number of aliphatic carboxylic acids is 1. The number of benzene rings is 2. The number of hydrogen-bond acceptors (Lipinski definition) is 8. The highest BCUT2D eigenvalue weighted by Crippen LogP contribution is 2.41. The molecule has 15 heteroatoms. The molecule has 4 rings (SSSR count). The van der Waals surface area contributed by atoms with E-state index in [1.807, 2.05) is 39.8 Å². The largest absolute Gasteiger partial charge is 0.480 e. The Labute approximate surface area is 277 Å². The van der Waals surface area contributed by atoms with Crippen molar-refractivity contribution in [3.63, 3.8) is 0 Å². The molecule has 2 aromatic rings. The van der Waals surface area contributed by atoms with E-state index in [2.05, 4.69) is 0 Å². The van der Waals surface area contributed by atoms with Gasteiger partial charge in [0.2, 0.25) is 11.8 Å². The van der Waals surface area contributed by atoms with Crippen LogP contribution in [-0.4, -0.2) is 75.8 Å². The standard InChI is InChI=1S/C15H19ClN2O5S.C15H18ClNO3S/c1-9(2)7-12(14(20)17-21)18-13(19)8-24(22,23)15(18)10-3-5-11(16)6-4-10;1-9(2)7-12(15(19)20)17-13(18)8-21-14(17)10-3-5-11(16)6-4-10/h3-6,9,12,15,21H,7-8H2,1-2H3,(H,17,20);3-6,9,12,14H,7-8H2,1-2H3,(H,19,20)/t12-,15-;12-,14-/m00/s1. The summed E-state index contributed by atoms with van der Waals surface area (Å²) in [6.07, 6.45) is 0.670. The first-order valence-electron chi connectivity index (χ1n) is 14.2. The second kappa shape index (κ2) is 15.6. The Kier molecular flexibility index (Phi) is 12.7. The molecule has 3 amide bonds. The molecule has 11 nitrogen and oxygen atoms in total. The van der Waals surface area contributed by atoms with Gasteiger partial charge in [-0.05, 0) is 60.1 Å². The van der Waals surface area contributed by atoms with E-state index >= 15 is 0 Å². The van der Waals surface area contributed by atoms with Gasteiger partial charge in [0, 0.05) is 10.0 Å². The van der Waals surface area contributed by atoms with E-state index in [1.165, 1.54) is 46.4 Å². The molecule has 2 fully saturated rings. The number of carboxylic acid groups (broad SMARTS) is 1. The number of thioether (sulfide) groups is 1. The zero-order valence-corrected chi connectivity index (χ0v) is 28.4. The number of hydroxylamine groups is 1. The molecule has 45 heavy (non-hydrogen) atoms. The Morgan fingerprint density at radius 1 is 0.867 bits per heavy atom. The van der Waals surface area contributed by atoms with Crippen LogP contribution in [0.15, 0.2) is 48.5 Å². The van der Waals surface area contributed by atoms with Gasteiger partial charge in [0.05, 0.1) is 5.75 Å². The number of hydrogen-bond donors (Lipinski definition) is 3. The highest BCUT2D eigenvalue weighted by atomic mass is 35.5. The van der Waals surface area contributed by atoms with Crippen LogP contribution in [0.25, 0.3) is 0 Å². The summed E-state index contributed by atoms with van der Waals surface area (Å²) in [6.45, 7) is 7.59. The minimum Gasteiger partial charge on any atom is -0.480 e. The van der Waals surface area contributed by atoms with Crippen LogP contribution in [0, 0.1) is 11.8 Å². The third kappa shape index (κ3) is 9.13. The molecular weight excluding hydrogens is 665 g/mol. The summed E-state index contributed by atoms with van der Waals surface area (Å²) in [7, 11) is -3.80. The molecule has 4 atom stereocenters. The second-order valence-electron chi connectivity index (χ2n) is 11.6. The molecule has 0 bridgehead atoms. The average molecular weight is 703 g/mol. The van der Waals surface area contributed by atoms with Crippen molar-refractivity contribution in [2.75, 3.05) is 11.5 Å². The van der Waals surface area contributed by atoms with Gasteiger partial charge in [-0.25, -0.2) is 18.7 Å². The maximum absolute atomic E-state index is 12.5. The Balaban J connectivity index is 0.000000248. The average Bonchev–Trinajstić information content (AvgIpc) is 3.45. The first kappa shape index (κ1) is 36.6. The SMILES string of the molecule is CC(C)C[C@@H](C(=O)NO)N1C(=O)CS(=O)(=O)[C@H]1c1ccc(Cl)cc1.CC(C)C[C@@H](C(=O)O)N1C(=O)CS[C@H]1c1ccc(Cl)cc1. The summed E-state index contributed by atoms with van der Waals surface area (Å²) in [4.78, 5) is 50.7. The maximum Gasteiger partial charge on any atom is 0.326 e. The fourth-order valence-electron chi connectivity index (χ4n) is 5.27. The van der Waals surface area contributed by atoms with Crippen molar-refractivity contribution in [2.24, 2.45) is 11.8 Å². The van der Waals surface area contributed by atoms with Crippen molar-refractivity contribution in [3.8, 4) is 0 Å². The minimum absolute atomic E-state index is 0.00859. The van der Waals surface area contributed by atoms with Gasteiger partial charge in [-0.3, -0.25) is 19.6 Å². The minimum atomic E-state index is -3.80. The third-order valence-electron chi connectivity index (χ3n) is 7.18. The quantitative estimate of drug-likeness (QED) is 0.230. The number of carbonyl (C=O) groups excluding carboxylic acids is 3.